The number of hydrogen-bond acceptors (Lipinski definition) is 15. The molecule has 0 saturated heterocycles. The molecule has 0 saturated carbocycles. The SMILES string of the molecule is COc1ccc(NC(=O)c2cccc(CSc3ncn[nH]3)c2)cn1.Nc1nc(SCc2cccc(C(=O)NCCc3ccccc3)c2)n[nH]1.O=C(Nc1cc(Cl)cc(Cl)c1)c1cccc(CSc2ncn[nH]2)c1. The number of pyridine rings is 1. The van der Waals surface area contributed by atoms with E-state index in [9.17, 15) is 14.4 Å². The van der Waals surface area contributed by atoms with Crippen LogP contribution in [0.25, 0.3) is 0 Å². The molecule has 0 spiro atoms. The van der Waals surface area contributed by atoms with Gasteiger partial charge in [-0.1, -0.05) is 125 Å². The quantitative estimate of drug-likeness (QED) is 0.0394. The van der Waals surface area contributed by atoms with E-state index in [0.29, 0.717) is 78.9 Å². The predicted molar refractivity (Wildman–Crippen MR) is 287 cm³/mol. The highest BCUT2D eigenvalue weighted by molar-refractivity contribution is 7.98. The van der Waals surface area contributed by atoms with Gasteiger partial charge in [0.25, 0.3) is 17.7 Å². The standard InChI is InChI=1S/C18H19N5OS.C16H12Cl2N4OS.C16H15N5O2S/c19-17-21-18(23-22-17)25-12-14-7-4-8-15(11-14)16(24)20-10-9-13-5-2-1-3-6-13;17-12-5-13(18)7-14(6-12)21-15(23)11-3-1-2-10(4-11)8-24-16-19-9-20-22-16;1-23-14-6-5-13(8-17-14)20-15(22)12-4-2-3-11(7-12)9-24-16-18-10-19-21-16/h1-8,11H,9-10,12H2,(H,20,24)(H3,19,21,22,23);1-7,9H,8H2,(H,21,23)(H,19,20,22);2-8,10H,9H2,1H3,(H,20,22)(H,18,19,21). The van der Waals surface area contributed by atoms with Crippen LogP contribution in [0, 0.1) is 0 Å². The topological polar surface area (TPSA) is 260 Å². The maximum Gasteiger partial charge on any atom is 0.255 e. The van der Waals surface area contributed by atoms with E-state index >= 15 is 0 Å². The Morgan fingerprint density at radius 2 is 1.12 bits per heavy atom. The molecule has 0 atom stereocenters. The summed E-state index contributed by atoms with van der Waals surface area (Å²) in [7, 11) is 1.54. The number of nitrogen functional groups attached to an aromatic ring is 1. The lowest BCUT2D eigenvalue weighted by Gasteiger charge is -2.08. The van der Waals surface area contributed by atoms with Crippen LogP contribution in [0.3, 0.4) is 0 Å². The van der Waals surface area contributed by atoms with Crippen molar-refractivity contribution in [1.29, 1.82) is 0 Å². The summed E-state index contributed by atoms with van der Waals surface area (Å²) in [6.45, 7) is 0.609. The Hall–Kier alpha value is -7.69. The van der Waals surface area contributed by atoms with E-state index in [2.05, 4.69) is 78.6 Å². The van der Waals surface area contributed by atoms with Crippen LogP contribution in [0.1, 0.15) is 53.3 Å². The summed E-state index contributed by atoms with van der Waals surface area (Å²) in [5.41, 5.74) is 12.7. The normalized spacial score (nSPS) is 10.5. The zero-order valence-corrected chi connectivity index (χ0v) is 42.8. The Kier molecular flexibility index (Phi) is 20.2. The number of halogens is 2. The minimum absolute atomic E-state index is 0.0649. The summed E-state index contributed by atoms with van der Waals surface area (Å²) in [6, 6.07) is 40.9. The van der Waals surface area contributed by atoms with Crippen molar-refractivity contribution in [1.82, 2.24) is 55.8 Å². The molecule has 8 N–H and O–H groups in total. The van der Waals surface area contributed by atoms with Gasteiger partial charge in [-0.05, 0) is 89.3 Å². The number of amides is 3. The van der Waals surface area contributed by atoms with Gasteiger partial charge in [0.2, 0.25) is 17.0 Å². The molecule has 0 aliphatic carbocycles. The number of aromatic nitrogens is 10. The second-order valence-electron chi connectivity index (χ2n) is 15.2. The number of thioether (sulfide) groups is 3. The molecular formula is C50H46Cl2N14O4S3. The van der Waals surface area contributed by atoms with Crippen molar-refractivity contribution in [2.75, 3.05) is 30.0 Å². The van der Waals surface area contributed by atoms with Gasteiger partial charge in [-0.15, -0.1) is 5.10 Å². The van der Waals surface area contributed by atoms with Crippen LogP contribution in [-0.4, -0.2) is 81.9 Å². The van der Waals surface area contributed by atoms with Crippen molar-refractivity contribution < 1.29 is 19.1 Å². The number of nitrogens with zero attached hydrogens (tertiary/aromatic N) is 7. The molecule has 9 aromatic rings. The minimum atomic E-state index is -0.222. The third-order valence-corrected chi connectivity index (χ3v) is 13.1. The maximum absolute atomic E-state index is 12.4. The first-order chi connectivity index (χ1) is 35.5. The van der Waals surface area contributed by atoms with Crippen LogP contribution in [0.15, 0.2) is 168 Å². The summed E-state index contributed by atoms with van der Waals surface area (Å²) in [5, 5.41) is 31.3. The number of methoxy groups -OCH3 is 1. The summed E-state index contributed by atoms with van der Waals surface area (Å²) in [5.74, 6) is 2.37. The van der Waals surface area contributed by atoms with Gasteiger partial charge < -0.3 is 26.4 Å². The molecule has 9 rings (SSSR count). The molecular weight excluding hydrogens is 1030 g/mol. The van der Waals surface area contributed by atoms with Crippen LogP contribution < -0.4 is 26.4 Å². The number of carbonyl (C=O) groups is 3. The van der Waals surface area contributed by atoms with Gasteiger partial charge in [0.05, 0.1) is 19.0 Å². The van der Waals surface area contributed by atoms with Crippen LogP contribution in [0.5, 0.6) is 5.88 Å². The molecule has 0 aliphatic rings. The molecule has 4 aromatic heterocycles. The predicted octanol–water partition coefficient (Wildman–Crippen LogP) is 10.1. The van der Waals surface area contributed by atoms with Crippen molar-refractivity contribution in [3.05, 3.63) is 201 Å². The van der Waals surface area contributed by atoms with Crippen LogP contribution >= 0.6 is 58.5 Å². The lowest BCUT2D eigenvalue weighted by molar-refractivity contribution is 0.0952. The second-order valence-corrected chi connectivity index (χ2v) is 18.9. The van der Waals surface area contributed by atoms with Crippen LogP contribution in [0.4, 0.5) is 17.3 Å². The van der Waals surface area contributed by atoms with E-state index in [1.165, 1.54) is 53.5 Å². The van der Waals surface area contributed by atoms with Crippen molar-refractivity contribution in [3.8, 4) is 5.88 Å². The lowest BCUT2D eigenvalue weighted by atomic mass is 10.1. The summed E-state index contributed by atoms with van der Waals surface area (Å²) < 4.78 is 4.99. The van der Waals surface area contributed by atoms with E-state index in [-0.39, 0.29) is 17.7 Å². The molecule has 5 aromatic carbocycles. The van der Waals surface area contributed by atoms with Gasteiger partial charge >= 0.3 is 0 Å². The Balaban J connectivity index is 0.000000160. The minimum Gasteiger partial charge on any atom is -0.481 e. The summed E-state index contributed by atoms with van der Waals surface area (Å²) in [6.07, 6.45) is 5.30. The van der Waals surface area contributed by atoms with E-state index in [0.717, 1.165) is 33.4 Å². The number of hydrogen-bond donors (Lipinski definition) is 7. The fourth-order valence-corrected chi connectivity index (χ4v) is 9.10. The highest BCUT2D eigenvalue weighted by Crippen LogP contribution is 2.25. The first kappa shape index (κ1) is 53.1. The molecule has 0 bridgehead atoms. The smallest absolute Gasteiger partial charge is 0.255 e. The molecule has 0 fully saturated rings. The van der Waals surface area contributed by atoms with Crippen molar-refractivity contribution in [2.24, 2.45) is 0 Å². The van der Waals surface area contributed by atoms with Gasteiger partial charge in [-0.3, -0.25) is 24.6 Å². The fourth-order valence-electron chi connectivity index (χ4n) is 6.38. The molecule has 4 heterocycles. The average molecular weight is 1070 g/mol. The first-order valence-corrected chi connectivity index (χ1v) is 25.7. The van der Waals surface area contributed by atoms with Gasteiger partial charge in [0.15, 0.2) is 10.3 Å². The van der Waals surface area contributed by atoms with Crippen molar-refractivity contribution in [3.63, 3.8) is 0 Å². The van der Waals surface area contributed by atoms with Crippen LogP contribution in [0.2, 0.25) is 10.0 Å². The van der Waals surface area contributed by atoms with Gasteiger partial charge in [0, 0.05) is 62.3 Å². The van der Waals surface area contributed by atoms with Gasteiger partial charge in [-0.25, -0.2) is 20.1 Å². The van der Waals surface area contributed by atoms with Crippen molar-refractivity contribution >= 4 is 93.5 Å². The zero-order chi connectivity index (χ0) is 51.2. The molecule has 372 valence electrons. The number of aromatic amines is 3. The van der Waals surface area contributed by atoms with Gasteiger partial charge in [-0.2, -0.15) is 15.2 Å². The number of rotatable bonds is 18. The largest absolute Gasteiger partial charge is 0.481 e. The number of benzene rings is 5. The highest BCUT2D eigenvalue weighted by atomic mass is 35.5. The Bertz CT molecular complexity index is 3150. The van der Waals surface area contributed by atoms with Crippen LogP contribution in [-0.2, 0) is 23.7 Å². The third kappa shape index (κ3) is 17.8. The van der Waals surface area contributed by atoms with E-state index in [4.69, 9.17) is 33.7 Å². The summed E-state index contributed by atoms with van der Waals surface area (Å²) in [4.78, 5) is 53.3. The molecule has 0 unspecified atom stereocenters. The maximum atomic E-state index is 12.4. The zero-order valence-electron chi connectivity index (χ0n) is 38.8. The van der Waals surface area contributed by atoms with E-state index in [1.54, 1.807) is 55.8 Å². The summed E-state index contributed by atoms with van der Waals surface area (Å²) >= 11 is 16.4. The number of H-pyrrole nitrogens is 3. The van der Waals surface area contributed by atoms with Gasteiger partial charge in [0.1, 0.15) is 12.7 Å². The molecule has 73 heavy (non-hydrogen) atoms. The molecule has 0 aliphatic heterocycles. The Morgan fingerprint density at radius 3 is 1.62 bits per heavy atom. The number of carbonyl (C=O) groups excluding carboxylic acids is 3. The molecule has 23 heteroatoms. The molecule has 0 radical (unpaired) electrons. The highest BCUT2D eigenvalue weighted by Gasteiger charge is 2.12. The fraction of sp³-hybridized carbons (Fsp3) is 0.120. The Morgan fingerprint density at radius 1 is 0.589 bits per heavy atom. The number of ether oxygens (including phenoxy) is 1. The van der Waals surface area contributed by atoms with E-state index in [1.807, 2.05) is 78.9 Å². The average Bonchev–Trinajstić information content (AvgIpc) is 4.23. The first-order valence-electron chi connectivity index (χ1n) is 22.0. The van der Waals surface area contributed by atoms with E-state index < -0.39 is 0 Å². The third-order valence-electron chi connectivity index (χ3n) is 9.82. The molecule has 18 nitrogen and oxygen atoms in total. The monoisotopic (exact) mass is 1070 g/mol. The number of anilines is 3. The molecule has 3 amide bonds. The lowest BCUT2D eigenvalue weighted by Crippen LogP contribution is -2.25. The number of nitrogens with one attached hydrogen (secondary N) is 6. The Labute approximate surface area is 442 Å². The second kappa shape index (κ2) is 27.8. The number of nitrogens with two attached hydrogens (primary N) is 1. The van der Waals surface area contributed by atoms with Crippen molar-refractivity contribution in [2.45, 2.75) is 39.1 Å².